The summed E-state index contributed by atoms with van der Waals surface area (Å²) in [6.07, 6.45) is 1.04. The van der Waals surface area contributed by atoms with Crippen molar-refractivity contribution in [2.24, 2.45) is 10.9 Å². The molecule has 2 aliphatic heterocycles. The number of nitrogens with one attached hydrogen (secondary N) is 2. The van der Waals surface area contributed by atoms with Crippen LogP contribution in [0.1, 0.15) is 55.8 Å². The van der Waals surface area contributed by atoms with Crippen molar-refractivity contribution in [3.63, 3.8) is 0 Å². The number of esters is 1. The van der Waals surface area contributed by atoms with Crippen molar-refractivity contribution in [1.82, 2.24) is 19.3 Å². The zero-order valence-electron chi connectivity index (χ0n) is 23.2. The van der Waals surface area contributed by atoms with Gasteiger partial charge in [-0.25, -0.2) is 28.1 Å². The van der Waals surface area contributed by atoms with E-state index in [-0.39, 0.29) is 48.5 Å². The lowest BCUT2D eigenvalue weighted by molar-refractivity contribution is -0.136. The number of carbonyl (C=O) groups is 2. The van der Waals surface area contributed by atoms with Gasteiger partial charge in [0.15, 0.2) is 22.5 Å². The van der Waals surface area contributed by atoms with E-state index in [9.17, 15) is 26.8 Å². The molecule has 1 aromatic heterocycles. The van der Waals surface area contributed by atoms with Gasteiger partial charge in [0.1, 0.15) is 11.6 Å². The highest BCUT2D eigenvalue weighted by Crippen LogP contribution is 2.39. The number of hydrogen-bond donors (Lipinski definition) is 2. The number of methoxy groups -OCH3 is 1. The molecule has 15 heteroatoms. The highest BCUT2D eigenvalue weighted by Gasteiger charge is 2.39. The second-order valence-corrected chi connectivity index (χ2v) is 13.1. The minimum absolute atomic E-state index is 0.00554. The van der Waals surface area contributed by atoms with Gasteiger partial charge in [-0.2, -0.15) is 12.7 Å². The quantitative estimate of drug-likeness (QED) is 0.471. The zero-order valence-corrected chi connectivity index (χ0v) is 24.8. The van der Waals surface area contributed by atoms with E-state index in [2.05, 4.69) is 15.3 Å². The summed E-state index contributed by atoms with van der Waals surface area (Å²) >= 11 is 1.30. The van der Waals surface area contributed by atoms with E-state index < -0.39 is 45.5 Å². The summed E-state index contributed by atoms with van der Waals surface area (Å²) in [5.74, 6) is -2.82. The normalized spacial score (nSPS) is 18.9. The Morgan fingerprint density at radius 1 is 1.20 bits per heavy atom. The third-order valence-corrected chi connectivity index (χ3v) is 8.85. The highest BCUT2D eigenvalue weighted by atomic mass is 32.2. The number of nitrogens with zero attached hydrogens (tertiary/aromatic N) is 3. The van der Waals surface area contributed by atoms with Crippen molar-refractivity contribution in [3.05, 3.63) is 62.7 Å². The molecular weight excluding hydrogens is 580 g/mol. The van der Waals surface area contributed by atoms with Crippen molar-refractivity contribution in [3.8, 4) is 0 Å². The second-order valence-electron chi connectivity index (χ2n) is 10.5. The van der Waals surface area contributed by atoms with Crippen LogP contribution in [-0.4, -0.2) is 61.4 Å². The van der Waals surface area contributed by atoms with Crippen LogP contribution in [0.5, 0.6) is 0 Å². The molecule has 0 saturated carbocycles. The summed E-state index contributed by atoms with van der Waals surface area (Å²) in [5, 5.41) is 5.46. The molecule has 0 radical (unpaired) electrons. The SMILES string of the molecule is COC(=O)C1=C(C2CCN(S(=O)(=O)NC(=O)OC(C)(C)C)CC2)NC(c2nccs2)=NC1c1ccc(F)c(F)c1C. The summed E-state index contributed by atoms with van der Waals surface area (Å²) in [6, 6.07) is 1.32. The van der Waals surface area contributed by atoms with Gasteiger partial charge in [-0.15, -0.1) is 11.3 Å². The molecule has 1 unspecified atom stereocenters. The summed E-state index contributed by atoms with van der Waals surface area (Å²) in [4.78, 5) is 34.3. The van der Waals surface area contributed by atoms with E-state index in [4.69, 9.17) is 9.47 Å². The fourth-order valence-corrected chi connectivity index (χ4v) is 6.37. The van der Waals surface area contributed by atoms with E-state index in [0.29, 0.717) is 16.5 Å². The number of benzene rings is 1. The number of aliphatic imine (C=N–C) groups is 1. The van der Waals surface area contributed by atoms with Gasteiger partial charge >= 0.3 is 22.3 Å². The molecule has 1 saturated heterocycles. The molecule has 0 bridgehead atoms. The number of amides is 1. The number of allylic oxidation sites excluding steroid dienone is 1. The molecule has 3 heterocycles. The Morgan fingerprint density at radius 3 is 2.46 bits per heavy atom. The Bertz CT molecular complexity index is 1490. The Balaban J connectivity index is 1.68. The molecule has 2 aromatic rings. The minimum atomic E-state index is -4.19. The molecule has 11 nitrogen and oxygen atoms in total. The van der Waals surface area contributed by atoms with Crippen LogP contribution in [0.15, 0.2) is 40.0 Å². The average Bonchev–Trinajstić information content (AvgIpc) is 3.45. The molecule has 0 spiro atoms. The molecule has 4 rings (SSSR count). The smallest absolute Gasteiger partial charge is 0.422 e. The van der Waals surface area contributed by atoms with E-state index >= 15 is 0 Å². The predicted molar refractivity (Wildman–Crippen MR) is 147 cm³/mol. The Kier molecular flexibility index (Phi) is 8.80. The summed E-state index contributed by atoms with van der Waals surface area (Å²) in [5.41, 5.74) is -0.0685. The Morgan fingerprint density at radius 2 is 1.88 bits per heavy atom. The van der Waals surface area contributed by atoms with Gasteiger partial charge in [0.25, 0.3) is 0 Å². The number of halogens is 2. The summed E-state index contributed by atoms with van der Waals surface area (Å²) < 4.78 is 67.5. The molecule has 1 fully saturated rings. The number of rotatable bonds is 6. The Labute approximate surface area is 240 Å². The van der Waals surface area contributed by atoms with Crippen LogP contribution in [0.3, 0.4) is 0 Å². The maximum Gasteiger partial charge on any atom is 0.422 e. The lowest BCUT2D eigenvalue weighted by atomic mass is 9.85. The van der Waals surface area contributed by atoms with Crippen molar-refractivity contribution in [1.29, 1.82) is 0 Å². The standard InChI is InChI=1S/C26H31F2N5O6S2/c1-14-16(6-7-17(27)19(14)28)21-18(24(34)38-5)20(30-22(31-21)23-29-10-13-40-23)15-8-11-33(12-9-15)41(36,37)32-25(35)39-26(2,3)4/h6-7,10,13,15,21H,8-9,11-12H2,1-5H3,(H,30,31)(H,32,35). The molecule has 1 atom stereocenters. The number of amidine groups is 1. The first-order chi connectivity index (χ1) is 19.2. The van der Waals surface area contributed by atoms with Gasteiger partial charge < -0.3 is 14.8 Å². The second kappa shape index (κ2) is 11.8. The van der Waals surface area contributed by atoms with Gasteiger partial charge in [-0.3, -0.25) is 4.99 Å². The van der Waals surface area contributed by atoms with Crippen LogP contribution in [0.4, 0.5) is 13.6 Å². The minimum Gasteiger partial charge on any atom is -0.466 e. The van der Waals surface area contributed by atoms with E-state index in [1.165, 1.54) is 31.4 Å². The number of hydrogen-bond acceptors (Lipinski definition) is 10. The van der Waals surface area contributed by atoms with Gasteiger partial charge in [-0.05, 0) is 57.7 Å². The topological polar surface area (TPSA) is 139 Å². The van der Waals surface area contributed by atoms with Gasteiger partial charge in [-0.1, -0.05) is 6.07 Å². The largest absolute Gasteiger partial charge is 0.466 e. The van der Waals surface area contributed by atoms with Crippen LogP contribution < -0.4 is 10.0 Å². The van der Waals surface area contributed by atoms with Crippen molar-refractivity contribution in [2.45, 2.75) is 52.2 Å². The fraction of sp³-hybridized carbons (Fsp3) is 0.462. The van der Waals surface area contributed by atoms with Crippen LogP contribution >= 0.6 is 11.3 Å². The van der Waals surface area contributed by atoms with Crippen LogP contribution in [0.2, 0.25) is 0 Å². The lowest BCUT2D eigenvalue weighted by Crippen LogP contribution is -2.49. The molecule has 222 valence electrons. The van der Waals surface area contributed by atoms with Gasteiger partial charge in [0, 0.05) is 36.3 Å². The third-order valence-electron chi connectivity index (χ3n) is 6.60. The average molecular weight is 612 g/mol. The molecule has 2 aliphatic rings. The Hall–Kier alpha value is -3.43. The summed E-state index contributed by atoms with van der Waals surface area (Å²) in [6.45, 7) is 6.32. The molecule has 1 aromatic carbocycles. The first kappa shape index (κ1) is 30.5. The lowest BCUT2D eigenvalue weighted by Gasteiger charge is -2.36. The van der Waals surface area contributed by atoms with Gasteiger partial charge in [0.2, 0.25) is 0 Å². The maximum atomic E-state index is 14.6. The molecular formula is C26H31F2N5O6S2. The molecule has 0 aliphatic carbocycles. The predicted octanol–water partition coefficient (Wildman–Crippen LogP) is 3.73. The van der Waals surface area contributed by atoms with Crippen molar-refractivity contribution < 1.29 is 36.3 Å². The molecule has 41 heavy (non-hydrogen) atoms. The van der Waals surface area contributed by atoms with Crippen molar-refractivity contribution >= 4 is 39.4 Å². The first-order valence-corrected chi connectivity index (χ1v) is 15.1. The van der Waals surface area contributed by atoms with Crippen LogP contribution in [0.25, 0.3) is 0 Å². The maximum absolute atomic E-state index is 14.6. The highest BCUT2D eigenvalue weighted by molar-refractivity contribution is 7.87. The summed E-state index contributed by atoms with van der Waals surface area (Å²) in [7, 11) is -2.98. The van der Waals surface area contributed by atoms with Crippen LogP contribution in [-0.2, 0) is 24.5 Å². The number of ether oxygens (including phenoxy) is 2. The number of thiazole rings is 1. The number of aromatic nitrogens is 1. The molecule has 1 amide bonds. The van der Waals surface area contributed by atoms with E-state index in [0.717, 1.165) is 10.4 Å². The van der Waals surface area contributed by atoms with Crippen molar-refractivity contribution in [2.75, 3.05) is 20.2 Å². The molecule has 2 N–H and O–H groups in total. The third kappa shape index (κ3) is 6.73. The van der Waals surface area contributed by atoms with E-state index in [1.54, 1.807) is 32.3 Å². The fourth-order valence-electron chi connectivity index (χ4n) is 4.71. The zero-order chi connectivity index (χ0) is 30.1. The number of piperidine rings is 1. The monoisotopic (exact) mass is 611 g/mol. The van der Waals surface area contributed by atoms with E-state index in [1.807, 2.05) is 4.72 Å². The first-order valence-electron chi connectivity index (χ1n) is 12.7. The van der Waals surface area contributed by atoms with Crippen LogP contribution in [0, 0.1) is 24.5 Å². The number of carbonyl (C=O) groups excluding carboxylic acids is 2. The van der Waals surface area contributed by atoms with Gasteiger partial charge in [0.05, 0.1) is 12.7 Å².